The van der Waals surface area contributed by atoms with Gasteiger partial charge in [0.05, 0.1) is 9.83 Å². The Morgan fingerprint density at radius 2 is 2.17 bits per heavy atom. The molecular weight excluding hydrogens is 318 g/mol. The first-order valence-corrected chi connectivity index (χ1v) is 6.90. The number of H-pyrrole nitrogens is 1. The van der Waals surface area contributed by atoms with Gasteiger partial charge in [0.1, 0.15) is 5.82 Å². The summed E-state index contributed by atoms with van der Waals surface area (Å²) in [6.07, 6.45) is 0. The van der Waals surface area contributed by atoms with Crippen LogP contribution < -0.4 is 16.6 Å². The molecule has 0 unspecified atom stereocenters. The Labute approximate surface area is 116 Å². The van der Waals surface area contributed by atoms with Gasteiger partial charge in [0.2, 0.25) is 0 Å². The van der Waals surface area contributed by atoms with Gasteiger partial charge in [0, 0.05) is 18.0 Å². The van der Waals surface area contributed by atoms with Crippen LogP contribution in [0.4, 0.5) is 5.82 Å². The molecule has 0 saturated heterocycles. The van der Waals surface area contributed by atoms with E-state index < -0.39 is 5.69 Å². The molecule has 2 aromatic rings. The van der Waals surface area contributed by atoms with E-state index in [2.05, 4.69) is 26.2 Å². The van der Waals surface area contributed by atoms with Crippen molar-refractivity contribution in [3.8, 4) is 0 Å². The summed E-state index contributed by atoms with van der Waals surface area (Å²) in [6, 6.07) is 5.35. The molecular formula is C11H12BrN3O2S. The average Bonchev–Trinajstić information content (AvgIpc) is 2.72. The highest BCUT2D eigenvalue weighted by molar-refractivity contribution is 9.11. The van der Waals surface area contributed by atoms with E-state index in [1.807, 2.05) is 19.1 Å². The van der Waals surface area contributed by atoms with Gasteiger partial charge < -0.3 is 5.32 Å². The van der Waals surface area contributed by atoms with Gasteiger partial charge in [-0.25, -0.2) is 4.79 Å². The van der Waals surface area contributed by atoms with Gasteiger partial charge in [-0.1, -0.05) is 0 Å². The number of rotatable bonds is 3. The SMILES string of the molecule is C[C@H](Nc1cc(=O)n(C)c(=O)[nH]1)c1ccc(Br)s1. The van der Waals surface area contributed by atoms with Crippen LogP contribution >= 0.6 is 27.3 Å². The van der Waals surface area contributed by atoms with Crippen LogP contribution in [0.25, 0.3) is 0 Å². The Morgan fingerprint density at radius 3 is 2.72 bits per heavy atom. The number of aromatic amines is 1. The zero-order valence-electron chi connectivity index (χ0n) is 9.86. The molecule has 0 spiro atoms. The summed E-state index contributed by atoms with van der Waals surface area (Å²) in [5, 5.41) is 3.10. The van der Waals surface area contributed by atoms with E-state index in [4.69, 9.17) is 0 Å². The first-order chi connectivity index (χ1) is 8.47. The molecule has 5 nitrogen and oxygen atoms in total. The topological polar surface area (TPSA) is 66.9 Å². The zero-order chi connectivity index (χ0) is 13.3. The monoisotopic (exact) mass is 329 g/mol. The standard InChI is InChI=1S/C11H12BrN3O2S/c1-6(7-3-4-8(12)18-7)13-9-5-10(16)15(2)11(17)14-9/h3-6,13H,1-2H3,(H,14,17)/t6-/m0/s1. The predicted octanol–water partition coefficient (Wildman–Crippen LogP) is 2.07. The molecule has 18 heavy (non-hydrogen) atoms. The number of aromatic nitrogens is 2. The van der Waals surface area contributed by atoms with E-state index in [0.29, 0.717) is 5.82 Å². The van der Waals surface area contributed by atoms with Crippen molar-refractivity contribution < 1.29 is 0 Å². The van der Waals surface area contributed by atoms with Gasteiger partial charge >= 0.3 is 5.69 Å². The fraction of sp³-hybridized carbons (Fsp3) is 0.273. The second-order valence-electron chi connectivity index (χ2n) is 3.89. The van der Waals surface area contributed by atoms with Crippen LogP contribution in [0.3, 0.4) is 0 Å². The summed E-state index contributed by atoms with van der Waals surface area (Å²) < 4.78 is 2.07. The van der Waals surface area contributed by atoms with Gasteiger partial charge in [0.25, 0.3) is 5.56 Å². The zero-order valence-corrected chi connectivity index (χ0v) is 12.3. The number of anilines is 1. The molecule has 0 aliphatic carbocycles. The Bertz CT molecular complexity index is 642. The Hall–Kier alpha value is -1.34. The number of halogens is 1. The van der Waals surface area contributed by atoms with Gasteiger partial charge in [-0.15, -0.1) is 11.3 Å². The van der Waals surface area contributed by atoms with Crippen molar-refractivity contribution in [1.29, 1.82) is 0 Å². The van der Waals surface area contributed by atoms with Crippen molar-refractivity contribution in [1.82, 2.24) is 9.55 Å². The van der Waals surface area contributed by atoms with Crippen LogP contribution in [0.5, 0.6) is 0 Å². The van der Waals surface area contributed by atoms with Crippen molar-refractivity contribution in [3.63, 3.8) is 0 Å². The van der Waals surface area contributed by atoms with Crippen molar-refractivity contribution in [2.45, 2.75) is 13.0 Å². The highest BCUT2D eigenvalue weighted by Crippen LogP contribution is 2.28. The van der Waals surface area contributed by atoms with Crippen LogP contribution in [0, 0.1) is 0 Å². The van der Waals surface area contributed by atoms with Crippen LogP contribution in [0.2, 0.25) is 0 Å². The van der Waals surface area contributed by atoms with E-state index in [1.54, 1.807) is 11.3 Å². The summed E-state index contributed by atoms with van der Waals surface area (Å²) in [5.74, 6) is 0.431. The van der Waals surface area contributed by atoms with E-state index >= 15 is 0 Å². The van der Waals surface area contributed by atoms with Crippen molar-refractivity contribution in [2.75, 3.05) is 5.32 Å². The molecule has 7 heteroatoms. The smallest absolute Gasteiger partial charge is 0.329 e. The fourth-order valence-corrected chi connectivity index (χ4v) is 2.92. The Balaban J connectivity index is 2.24. The summed E-state index contributed by atoms with van der Waals surface area (Å²) >= 11 is 5.00. The second-order valence-corrected chi connectivity index (χ2v) is 6.39. The number of hydrogen-bond acceptors (Lipinski definition) is 4. The lowest BCUT2D eigenvalue weighted by Gasteiger charge is -2.13. The van der Waals surface area contributed by atoms with E-state index in [-0.39, 0.29) is 11.6 Å². The summed E-state index contributed by atoms with van der Waals surface area (Å²) in [6.45, 7) is 1.97. The molecule has 0 saturated carbocycles. The highest BCUT2D eigenvalue weighted by atomic mass is 79.9. The van der Waals surface area contributed by atoms with Gasteiger partial charge in [-0.2, -0.15) is 0 Å². The molecule has 0 radical (unpaired) electrons. The maximum atomic E-state index is 11.5. The van der Waals surface area contributed by atoms with Crippen molar-refractivity contribution in [2.24, 2.45) is 7.05 Å². The number of nitrogens with zero attached hydrogens (tertiary/aromatic N) is 1. The molecule has 0 fully saturated rings. The second kappa shape index (κ2) is 5.11. The normalized spacial score (nSPS) is 12.4. The molecule has 0 aliphatic rings. The molecule has 0 aromatic carbocycles. The van der Waals surface area contributed by atoms with E-state index in [0.717, 1.165) is 13.2 Å². The summed E-state index contributed by atoms with van der Waals surface area (Å²) in [4.78, 5) is 26.7. The van der Waals surface area contributed by atoms with Gasteiger partial charge in [-0.3, -0.25) is 14.3 Å². The minimum absolute atomic E-state index is 0.0176. The minimum atomic E-state index is -0.426. The Morgan fingerprint density at radius 1 is 1.44 bits per heavy atom. The van der Waals surface area contributed by atoms with Gasteiger partial charge in [-0.05, 0) is 35.0 Å². The van der Waals surface area contributed by atoms with Gasteiger partial charge in [0.15, 0.2) is 0 Å². The third-order valence-electron chi connectivity index (χ3n) is 2.54. The number of hydrogen-bond donors (Lipinski definition) is 2. The lowest BCUT2D eigenvalue weighted by molar-refractivity contribution is 0.769. The molecule has 0 amide bonds. The van der Waals surface area contributed by atoms with Crippen LogP contribution in [0.15, 0.2) is 31.6 Å². The predicted molar refractivity (Wildman–Crippen MR) is 76.4 cm³/mol. The summed E-state index contributed by atoms with van der Waals surface area (Å²) in [5.41, 5.74) is -0.759. The highest BCUT2D eigenvalue weighted by Gasteiger charge is 2.09. The molecule has 1 atom stereocenters. The number of thiophene rings is 1. The molecule has 0 bridgehead atoms. The molecule has 2 heterocycles. The van der Waals surface area contributed by atoms with Crippen LogP contribution in [-0.4, -0.2) is 9.55 Å². The quantitative estimate of drug-likeness (QED) is 0.905. The van der Waals surface area contributed by atoms with Crippen molar-refractivity contribution >= 4 is 33.1 Å². The average molecular weight is 330 g/mol. The maximum Gasteiger partial charge on any atom is 0.329 e. The molecule has 2 aromatic heterocycles. The van der Waals surface area contributed by atoms with E-state index in [1.165, 1.54) is 13.1 Å². The first-order valence-electron chi connectivity index (χ1n) is 5.29. The van der Waals surface area contributed by atoms with Crippen LogP contribution in [0.1, 0.15) is 17.8 Å². The molecule has 0 aliphatic heterocycles. The Kier molecular flexibility index (Phi) is 3.72. The molecule has 2 rings (SSSR count). The van der Waals surface area contributed by atoms with Crippen molar-refractivity contribution in [3.05, 3.63) is 47.7 Å². The molecule has 2 N–H and O–H groups in total. The summed E-state index contributed by atoms with van der Waals surface area (Å²) in [7, 11) is 1.44. The third kappa shape index (κ3) is 2.73. The lowest BCUT2D eigenvalue weighted by Crippen LogP contribution is -2.32. The minimum Gasteiger partial charge on any atom is -0.364 e. The van der Waals surface area contributed by atoms with E-state index in [9.17, 15) is 9.59 Å². The third-order valence-corrected chi connectivity index (χ3v) is 4.34. The largest absolute Gasteiger partial charge is 0.364 e. The fourth-order valence-electron chi connectivity index (χ4n) is 1.50. The first kappa shape index (κ1) is 13.1. The maximum absolute atomic E-state index is 11.5. The molecule has 96 valence electrons. The lowest BCUT2D eigenvalue weighted by atomic mass is 10.3. The van der Waals surface area contributed by atoms with Crippen LogP contribution in [-0.2, 0) is 7.05 Å². The number of nitrogens with one attached hydrogen (secondary N) is 2.